The van der Waals surface area contributed by atoms with Gasteiger partial charge < -0.3 is 14.2 Å². The van der Waals surface area contributed by atoms with E-state index in [0.717, 1.165) is 5.56 Å². The molecule has 0 bridgehead atoms. The van der Waals surface area contributed by atoms with Crippen LogP contribution in [0, 0.1) is 5.82 Å². The van der Waals surface area contributed by atoms with E-state index in [1.54, 1.807) is 60.7 Å². The van der Waals surface area contributed by atoms with E-state index < -0.39 is 5.97 Å². The second kappa shape index (κ2) is 9.66. The van der Waals surface area contributed by atoms with Gasteiger partial charge in [0.25, 0.3) is 0 Å². The first-order valence-corrected chi connectivity index (χ1v) is 10.3. The number of carbonyl (C=O) groups is 1. The lowest BCUT2D eigenvalue weighted by atomic mass is 10.1. The Balaban J connectivity index is 1.56. The Hall–Kier alpha value is -3.64. The fourth-order valence-corrected chi connectivity index (χ4v) is 3.28. The molecule has 0 saturated heterocycles. The van der Waals surface area contributed by atoms with E-state index in [-0.39, 0.29) is 24.0 Å². The lowest BCUT2D eigenvalue weighted by molar-refractivity contribution is -0.129. The molecule has 0 saturated carbocycles. The summed E-state index contributed by atoms with van der Waals surface area (Å²) in [6, 6.07) is 18.4. The number of esters is 1. The average Bonchev–Trinajstić information content (AvgIpc) is 3.15. The molecule has 0 fully saturated rings. The zero-order valence-corrected chi connectivity index (χ0v) is 17.9. The quantitative estimate of drug-likeness (QED) is 0.336. The zero-order valence-electron chi connectivity index (χ0n) is 17.2. The Morgan fingerprint density at radius 2 is 1.81 bits per heavy atom. The lowest BCUT2D eigenvalue weighted by Gasteiger charge is -2.13. The molecule has 1 heterocycles. The van der Waals surface area contributed by atoms with Crippen molar-refractivity contribution in [3.05, 3.63) is 100.0 Å². The second-order valence-electron chi connectivity index (χ2n) is 6.87. The zero-order chi connectivity index (χ0) is 22.5. The highest BCUT2D eigenvalue weighted by Gasteiger charge is 2.25. The molecule has 5 nitrogen and oxygen atoms in total. The monoisotopic (exact) mass is 451 g/mol. The molecule has 3 aromatic carbocycles. The summed E-state index contributed by atoms with van der Waals surface area (Å²) in [5.41, 5.74) is 2.22. The normalized spacial score (nSPS) is 14.3. The third-order valence-corrected chi connectivity index (χ3v) is 4.93. The highest BCUT2D eigenvalue weighted by atomic mass is 35.5. The minimum atomic E-state index is -0.561. The van der Waals surface area contributed by atoms with E-state index in [4.69, 9.17) is 25.8 Å². The maximum Gasteiger partial charge on any atom is 0.363 e. The van der Waals surface area contributed by atoms with Crippen LogP contribution in [0.25, 0.3) is 6.08 Å². The van der Waals surface area contributed by atoms with Gasteiger partial charge in [-0.25, -0.2) is 14.2 Å². The van der Waals surface area contributed by atoms with Crippen LogP contribution in [-0.2, 0) is 16.1 Å². The molecule has 1 aliphatic heterocycles. The minimum absolute atomic E-state index is 0.155. The predicted octanol–water partition coefficient (Wildman–Crippen LogP) is 5.80. The fraction of sp³-hybridized carbons (Fsp3) is 0.120. The van der Waals surface area contributed by atoms with Gasteiger partial charge in [-0.15, -0.1) is 0 Å². The van der Waals surface area contributed by atoms with E-state index in [9.17, 15) is 9.18 Å². The molecule has 7 heteroatoms. The molecule has 32 heavy (non-hydrogen) atoms. The van der Waals surface area contributed by atoms with Gasteiger partial charge in [-0.3, -0.25) is 0 Å². The Morgan fingerprint density at radius 3 is 2.56 bits per heavy atom. The Bertz CT molecular complexity index is 1200. The summed E-state index contributed by atoms with van der Waals surface area (Å²) in [4.78, 5) is 16.6. The van der Waals surface area contributed by atoms with Crippen LogP contribution < -0.4 is 9.47 Å². The lowest BCUT2D eigenvalue weighted by Crippen LogP contribution is -2.05. The Morgan fingerprint density at radius 1 is 1.03 bits per heavy atom. The van der Waals surface area contributed by atoms with E-state index in [2.05, 4.69) is 4.99 Å². The van der Waals surface area contributed by atoms with Gasteiger partial charge in [0.15, 0.2) is 17.2 Å². The van der Waals surface area contributed by atoms with Gasteiger partial charge in [0.1, 0.15) is 12.4 Å². The van der Waals surface area contributed by atoms with Crippen molar-refractivity contribution in [1.82, 2.24) is 0 Å². The molecular formula is C25H19ClFNO4. The molecule has 162 valence electrons. The van der Waals surface area contributed by atoms with Crippen molar-refractivity contribution in [2.75, 3.05) is 6.61 Å². The number of hydrogen-bond acceptors (Lipinski definition) is 5. The fourth-order valence-electron chi connectivity index (χ4n) is 3.06. The molecule has 1 aliphatic rings. The molecule has 0 amide bonds. The maximum absolute atomic E-state index is 13.1. The number of halogens is 2. The predicted molar refractivity (Wildman–Crippen MR) is 120 cm³/mol. The summed E-state index contributed by atoms with van der Waals surface area (Å²) in [5.74, 6) is 0.357. The molecule has 0 atom stereocenters. The highest BCUT2D eigenvalue weighted by molar-refractivity contribution is 6.34. The number of aliphatic imine (C=N–C) groups is 1. The van der Waals surface area contributed by atoms with E-state index >= 15 is 0 Å². The third kappa shape index (κ3) is 4.98. The molecule has 0 spiro atoms. The number of ether oxygens (including phenoxy) is 3. The first-order valence-electron chi connectivity index (χ1n) is 9.95. The molecule has 0 aliphatic carbocycles. The first-order chi connectivity index (χ1) is 15.5. The minimum Gasteiger partial charge on any atom is -0.490 e. The van der Waals surface area contributed by atoms with Gasteiger partial charge in [0.2, 0.25) is 5.90 Å². The smallest absolute Gasteiger partial charge is 0.363 e. The summed E-state index contributed by atoms with van der Waals surface area (Å²) in [7, 11) is 0. The van der Waals surface area contributed by atoms with Crippen molar-refractivity contribution >= 4 is 29.5 Å². The van der Waals surface area contributed by atoms with Crippen LogP contribution in [-0.4, -0.2) is 18.5 Å². The number of carbonyl (C=O) groups excluding carboxylic acids is 1. The van der Waals surface area contributed by atoms with Gasteiger partial charge in [-0.1, -0.05) is 41.9 Å². The van der Waals surface area contributed by atoms with E-state index in [0.29, 0.717) is 34.3 Å². The molecule has 0 aromatic heterocycles. The topological polar surface area (TPSA) is 57.1 Å². The summed E-state index contributed by atoms with van der Waals surface area (Å²) in [6.07, 6.45) is 1.61. The van der Waals surface area contributed by atoms with Gasteiger partial charge in [0.05, 0.1) is 17.2 Å². The number of benzene rings is 3. The molecular weight excluding hydrogens is 433 g/mol. The van der Waals surface area contributed by atoms with Gasteiger partial charge in [0, 0.05) is 0 Å². The standard InChI is InChI=1S/C25H19ClFNO4/c1-2-30-23-14-17(9-12-22(23)31-15-16-7-10-18(27)11-8-16)13-21-25(29)32-24(28-21)19-5-3-4-6-20(19)26/h3-14H,2,15H2,1H3/b21-13-. The van der Waals surface area contributed by atoms with Crippen molar-refractivity contribution in [3.63, 3.8) is 0 Å². The number of hydrogen-bond donors (Lipinski definition) is 0. The Labute approximate surface area is 189 Å². The summed E-state index contributed by atoms with van der Waals surface area (Å²) < 4.78 is 29.9. The third-order valence-electron chi connectivity index (χ3n) is 4.60. The van der Waals surface area contributed by atoms with Crippen LogP contribution in [0.15, 0.2) is 77.4 Å². The van der Waals surface area contributed by atoms with Crippen molar-refractivity contribution < 1.29 is 23.4 Å². The van der Waals surface area contributed by atoms with E-state index in [1.807, 2.05) is 6.92 Å². The van der Waals surface area contributed by atoms with Crippen molar-refractivity contribution in [2.45, 2.75) is 13.5 Å². The van der Waals surface area contributed by atoms with Gasteiger partial charge >= 0.3 is 5.97 Å². The maximum atomic E-state index is 13.1. The molecule has 0 unspecified atom stereocenters. The molecule has 0 radical (unpaired) electrons. The molecule has 0 N–H and O–H groups in total. The summed E-state index contributed by atoms with van der Waals surface area (Å²) in [6.45, 7) is 2.56. The number of rotatable bonds is 7. The van der Waals surface area contributed by atoms with Gasteiger partial charge in [-0.2, -0.15) is 0 Å². The largest absolute Gasteiger partial charge is 0.490 e. The molecule has 4 rings (SSSR count). The second-order valence-corrected chi connectivity index (χ2v) is 7.28. The summed E-state index contributed by atoms with van der Waals surface area (Å²) in [5, 5.41) is 0.446. The molecule has 3 aromatic rings. The number of cyclic esters (lactones) is 1. The van der Waals surface area contributed by atoms with Crippen molar-refractivity contribution in [3.8, 4) is 11.5 Å². The van der Waals surface area contributed by atoms with Gasteiger partial charge in [-0.05, 0) is 60.5 Å². The van der Waals surface area contributed by atoms with Crippen LogP contribution in [0.5, 0.6) is 11.5 Å². The van der Waals surface area contributed by atoms with Crippen LogP contribution in [0.4, 0.5) is 4.39 Å². The highest BCUT2D eigenvalue weighted by Crippen LogP contribution is 2.31. The van der Waals surface area contributed by atoms with Crippen LogP contribution in [0.3, 0.4) is 0 Å². The first kappa shape index (κ1) is 21.6. The SMILES string of the molecule is CCOc1cc(/C=C2\N=C(c3ccccc3Cl)OC2=O)ccc1OCc1ccc(F)cc1. The average molecular weight is 452 g/mol. The van der Waals surface area contributed by atoms with Crippen LogP contribution in [0.2, 0.25) is 5.02 Å². The van der Waals surface area contributed by atoms with Crippen molar-refractivity contribution in [2.24, 2.45) is 4.99 Å². The van der Waals surface area contributed by atoms with Crippen LogP contribution in [0.1, 0.15) is 23.6 Å². The van der Waals surface area contributed by atoms with Crippen LogP contribution >= 0.6 is 11.6 Å². The Kier molecular flexibility index (Phi) is 6.52. The van der Waals surface area contributed by atoms with Crippen molar-refractivity contribution in [1.29, 1.82) is 0 Å². The summed E-state index contributed by atoms with van der Waals surface area (Å²) >= 11 is 6.17. The van der Waals surface area contributed by atoms with E-state index in [1.165, 1.54) is 12.1 Å². The number of nitrogens with zero attached hydrogens (tertiary/aromatic N) is 1.